The largest absolute Gasteiger partial charge is 0.323 e. The van der Waals surface area contributed by atoms with Crippen LogP contribution in [0.2, 0.25) is 0 Å². The lowest BCUT2D eigenvalue weighted by Crippen LogP contribution is -2.33. The van der Waals surface area contributed by atoms with Crippen LogP contribution in [0, 0.1) is 0 Å². The Hall–Kier alpha value is -0.860. The molecule has 0 aliphatic rings. The lowest BCUT2D eigenvalue weighted by atomic mass is 10.1. The summed E-state index contributed by atoms with van der Waals surface area (Å²) in [6, 6.07) is 10.9. The molecule has 0 fully saturated rings. The molecule has 0 aliphatic heterocycles. The van der Waals surface area contributed by atoms with Crippen LogP contribution >= 0.6 is 0 Å². The number of nitrogens with zero attached hydrogens (tertiary/aromatic N) is 1. The minimum Gasteiger partial charge on any atom is -0.323 e. The minimum atomic E-state index is 0.114. The van der Waals surface area contributed by atoms with Crippen LogP contribution in [0.3, 0.4) is 0 Å². The second-order valence-electron chi connectivity index (χ2n) is 4.05. The van der Waals surface area contributed by atoms with Crippen molar-refractivity contribution < 1.29 is 0 Å². The van der Waals surface area contributed by atoms with Crippen molar-refractivity contribution in [2.24, 2.45) is 5.73 Å². The van der Waals surface area contributed by atoms with E-state index in [1.807, 2.05) is 18.2 Å². The van der Waals surface area contributed by atoms with Gasteiger partial charge in [0.2, 0.25) is 0 Å². The van der Waals surface area contributed by atoms with Crippen molar-refractivity contribution in [3.8, 4) is 0 Å². The maximum Gasteiger partial charge on any atom is 0.0424 e. The smallest absolute Gasteiger partial charge is 0.0424 e. The summed E-state index contributed by atoms with van der Waals surface area (Å²) >= 11 is 0. The summed E-state index contributed by atoms with van der Waals surface area (Å²) in [6.45, 7) is 5.26. The van der Waals surface area contributed by atoms with Crippen molar-refractivity contribution in [3.05, 3.63) is 35.9 Å². The summed E-state index contributed by atoms with van der Waals surface area (Å²) in [5.74, 6) is 0. The zero-order valence-electron chi connectivity index (χ0n) is 9.27. The Morgan fingerprint density at radius 1 is 1.21 bits per heavy atom. The standard InChI is InChI=1S/C12H20N2/c1-10(2)14(3)9-12(13)11-7-5-4-6-8-11/h4-8,10,12H,9,13H2,1-3H3. The van der Waals surface area contributed by atoms with E-state index in [1.54, 1.807) is 0 Å². The molecule has 0 radical (unpaired) electrons. The fourth-order valence-corrected chi connectivity index (χ4v) is 1.33. The number of nitrogens with two attached hydrogens (primary N) is 1. The Labute approximate surface area is 86.7 Å². The predicted molar refractivity (Wildman–Crippen MR) is 61.1 cm³/mol. The van der Waals surface area contributed by atoms with Crippen LogP contribution < -0.4 is 5.73 Å². The molecule has 0 saturated carbocycles. The first-order valence-electron chi connectivity index (χ1n) is 5.12. The van der Waals surface area contributed by atoms with Gasteiger partial charge in [-0.1, -0.05) is 30.3 Å². The summed E-state index contributed by atoms with van der Waals surface area (Å²) < 4.78 is 0. The van der Waals surface area contributed by atoms with Gasteiger partial charge in [0.15, 0.2) is 0 Å². The zero-order valence-corrected chi connectivity index (χ0v) is 9.27. The van der Waals surface area contributed by atoms with E-state index in [1.165, 1.54) is 5.56 Å². The van der Waals surface area contributed by atoms with Crippen LogP contribution in [0.15, 0.2) is 30.3 Å². The zero-order chi connectivity index (χ0) is 10.6. The van der Waals surface area contributed by atoms with Gasteiger partial charge in [0.25, 0.3) is 0 Å². The van der Waals surface area contributed by atoms with Gasteiger partial charge in [0, 0.05) is 18.6 Å². The second-order valence-corrected chi connectivity index (χ2v) is 4.05. The van der Waals surface area contributed by atoms with E-state index in [4.69, 9.17) is 5.73 Å². The predicted octanol–water partition coefficient (Wildman–Crippen LogP) is 2.03. The molecular weight excluding hydrogens is 172 g/mol. The molecule has 2 N–H and O–H groups in total. The molecule has 0 spiro atoms. The van der Waals surface area contributed by atoms with Crippen molar-refractivity contribution in [2.75, 3.05) is 13.6 Å². The van der Waals surface area contributed by atoms with Crippen LogP contribution in [0.25, 0.3) is 0 Å². The van der Waals surface area contributed by atoms with Crippen LogP contribution in [0.1, 0.15) is 25.5 Å². The van der Waals surface area contributed by atoms with Gasteiger partial charge >= 0.3 is 0 Å². The molecule has 0 amide bonds. The Morgan fingerprint density at radius 3 is 2.29 bits per heavy atom. The molecular formula is C12H20N2. The Balaban J connectivity index is 2.55. The number of likely N-dealkylation sites (N-methyl/N-ethyl adjacent to an activating group) is 1. The lowest BCUT2D eigenvalue weighted by molar-refractivity contribution is 0.257. The SMILES string of the molecule is CC(C)N(C)CC(N)c1ccccc1. The third kappa shape index (κ3) is 3.13. The average Bonchev–Trinajstić information content (AvgIpc) is 2.19. The quantitative estimate of drug-likeness (QED) is 0.791. The number of benzene rings is 1. The molecule has 1 aromatic rings. The summed E-state index contributed by atoms with van der Waals surface area (Å²) in [6.07, 6.45) is 0. The Kier molecular flexibility index (Phi) is 4.11. The van der Waals surface area contributed by atoms with Crippen molar-refractivity contribution >= 4 is 0 Å². The molecule has 0 heterocycles. The minimum absolute atomic E-state index is 0.114. The summed E-state index contributed by atoms with van der Waals surface area (Å²) in [4.78, 5) is 2.26. The van der Waals surface area contributed by atoms with Crippen molar-refractivity contribution in [2.45, 2.75) is 25.9 Å². The van der Waals surface area contributed by atoms with E-state index < -0.39 is 0 Å². The lowest BCUT2D eigenvalue weighted by Gasteiger charge is -2.24. The first-order valence-corrected chi connectivity index (χ1v) is 5.12. The maximum absolute atomic E-state index is 6.09. The van der Waals surface area contributed by atoms with Crippen LogP contribution in [-0.2, 0) is 0 Å². The van der Waals surface area contributed by atoms with E-state index >= 15 is 0 Å². The molecule has 78 valence electrons. The highest BCUT2D eigenvalue weighted by molar-refractivity contribution is 5.18. The third-order valence-electron chi connectivity index (χ3n) is 2.59. The molecule has 1 aromatic carbocycles. The van der Waals surface area contributed by atoms with Gasteiger partial charge in [0.1, 0.15) is 0 Å². The summed E-state index contributed by atoms with van der Waals surface area (Å²) in [7, 11) is 2.10. The van der Waals surface area contributed by atoms with Crippen LogP contribution in [0.5, 0.6) is 0 Å². The summed E-state index contributed by atoms with van der Waals surface area (Å²) in [5.41, 5.74) is 7.30. The highest BCUT2D eigenvalue weighted by atomic mass is 15.1. The van der Waals surface area contributed by atoms with Gasteiger partial charge in [-0.3, -0.25) is 0 Å². The first kappa shape index (κ1) is 11.2. The third-order valence-corrected chi connectivity index (χ3v) is 2.59. The number of rotatable bonds is 4. The van der Waals surface area contributed by atoms with Gasteiger partial charge < -0.3 is 10.6 Å². The van der Waals surface area contributed by atoms with Gasteiger partial charge in [-0.05, 0) is 26.5 Å². The molecule has 0 aromatic heterocycles. The van der Waals surface area contributed by atoms with Crippen molar-refractivity contribution in [1.82, 2.24) is 4.90 Å². The molecule has 1 unspecified atom stereocenters. The molecule has 0 bridgehead atoms. The number of hydrogen-bond donors (Lipinski definition) is 1. The number of hydrogen-bond acceptors (Lipinski definition) is 2. The molecule has 2 nitrogen and oxygen atoms in total. The fraction of sp³-hybridized carbons (Fsp3) is 0.500. The molecule has 2 heteroatoms. The van der Waals surface area contributed by atoms with Gasteiger partial charge in [-0.15, -0.1) is 0 Å². The van der Waals surface area contributed by atoms with E-state index in [9.17, 15) is 0 Å². The van der Waals surface area contributed by atoms with Crippen LogP contribution in [0.4, 0.5) is 0 Å². The van der Waals surface area contributed by atoms with Crippen LogP contribution in [-0.4, -0.2) is 24.5 Å². The van der Waals surface area contributed by atoms with E-state index in [2.05, 4.69) is 37.9 Å². The molecule has 14 heavy (non-hydrogen) atoms. The van der Waals surface area contributed by atoms with Gasteiger partial charge in [-0.25, -0.2) is 0 Å². The van der Waals surface area contributed by atoms with E-state index in [0.29, 0.717) is 6.04 Å². The van der Waals surface area contributed by atoms with E-state index in [0.717, 1.165) is 6.54 Å². The second kappa shape index (κ2) is 5.13. The molecule has 1 atom stereocenters. The Morgan fingerprint density at radius 2 is 1.79 bits per heavy atom. The first-order chi connectivity index (χ1) is 6.61. The summed E-state index contributed by atoms with van der Waals surface area (Å²) in [5, 5.41) is 0. The van der Waals surface area contributed by atoms with Gasteiger partial charge in [0.05, 0.1) is 0 Å². The highest BCUT2D eigenvalue weighted by Crippen LogP contribution is 2.11. The normalized spacial score (nSPS) is 13.6. The molecule has 0 aliphatic carbocycles. The van der Waals surface area contributed by atoms with Crippen molar-refractivity contribution in [1.29, 1.82) is 0 Å². The Bertz CT molecular complexity index is 256. The topological polar surface area (TPSA) is 29.3 Å². The van der Waals surface area contributed by atoms with Gasteiger partial charge in [-0.2, -0.15) is 0 Å². The molecule has 1 rings (SSSR count). The average molecular weight is 192 g/mol. The van der Waals surface area contributed by atoms with Crippen molar-refractivity contribution in [3.63, 3.8) is 0 Å². The monoisotopic (exact) mass is 192 g/mol. The van der Waals surface area contributed by atoms with E-state index in [-0.39, 0.29) is 6.04 Å². The fourth-order valence-electron chi connectivity index (χ4n) is 1.33. The maximum atomic E-state index is 6.09. The highest BCUT2D eigenvalue weighted by Gasteiger charge is 2.10. The molecule has 0 saturated heterocycles.